The molecule has 4 nitrogen and oxygen atoms in total. The number of hydrogen-bond acceptors (Lipinski definition) is 3. The molecule has 1 atom stereocenters. The van der Waals surface area contributed by atoms with Crippen LogP contribution < -0.4 is 9.80 Å². The highest BCUT2D eigenvalue weighted by atomic mass is 35.5. The van der Waals surface area contributed by atoms with E-state index in [1.807, 2.05) is 31.7 Å². The zero-order chi connectivity index (χ0) is 12.7. The van der Waals surface area contributed by atoms with E-state index in [4.69, 9.17) is 11.6 Å². The van der Waals surface area contributed by atoms with Gasteiger partial charge in [0.25, 0.3) is 0 Å². The van der Waals surface area contributed by atoms with E-state index in [0.717, 1.165) is 11.5 Å². The standard InChI is InChI=1S/C12H16ClN3O/c1-7(2)16-8(3)12(17)15(4)9-5-6-10(13)14-11(9)16/h5-8H,1-4H3/t8-/m1/s1. The number of carbonyl (C=O) groups excluding carboxylic acids is 1. The molecule has 0 spiro atoms. The van der Waals surface area contributed by atoms with Gasteiger partial charge in [0.05, 0.1) is 5.69 Å². The maximum Gasteiger partial charge on any atom is 0.249 e. The molecular formula is C12H16ClN3O. The van der Waals surface area contributed by atoms with Crippen molar-refractivity contribution in [1.29, 1.82) is 0 Å². The highest BCUT2D eigenvalue weighted by molar-refractivity contribution is 6.29. The van der Waals surface area contributed by atoms with Crippen molar-refractivity contribution >= 4 is 29.0 Å². The van der Waals surface area contributed by atoms with Crippen molar-refractivity contribution in [3.05, 3.63) is 17.3 Å². The van der Waals surface area contributed by atoms with Crippen molar-refractivity contribution in [1.82, 2.24) is 4.98 Å². The van der Waals surface area contributed by atoms with Gasteiger partial charge in [-0.3, -0.25) is 4.79 Å². The van der Waals surface area contributed by atoms with Gasteiger partial charge in [0.15, 0.2) is 5.82 Å². The molecule has 0 unspecified atom stereocenters. The van der Waals surface area contributed by atoms with Gasteiger partial charge in [0, 0.05) is 13.1 Å². The zero-order valence-corrected chi connectivity index (χ0v) is 11.2. The highest BCUT2D eigenvalue weighted by Gasteiger charge is 2.35. The number of halogens is 1. The molecule has 1 aromatic rings. The Morgan fingerprint density at radius 2 is 2.06 bits per heavy atom. The molecule has 0 aliphatic carbocycles. The van der Waals surface area contributed by atoms with Crippen LogP contribution in [0.4, 0.5) is 11.5 Å². The first kappa shape index (κ1) is 12.2. The van der Waals surface area contributed by atoms with Crippen LogP contribution in [0.1, 0.15) is 20.8 Å². The third-order valence-corrected chi connectivity index (χ3v) is 3.30. The molecule has 0 fully saturated rings. The van der Waals surface area contributed by atoms with Gasteiger partial charge in [0.2, 0.25) is 5.91 Å². The summed E-state index contributed by atoms with van der Waals surface area (Å²) in [5.74, 6) is 0.859. The lowest BCUT2D eigenvalue weighted by atomic mass is 10.1. The van der Waals surface area contributed by atoms with E-state index in [2.05, 4.69) is 4.98 Å². The van der Waals surface area contributed by atoms with E-state index in [1.54, 1.807) is 18.0 Å². The molecule has 0 N–H and O–H groups in total. The van der Waals surface area contributed by atoms with Crippen LogP contribution >= 0.6 is 11.6 Å². The van der Waals surface area contributed by atoms with Crippen molar-refractivity contribution < 1.29 is 4.79 Å². The average molecular weight is 254 g/mol. The molecule has 0 aromatic carbocycles. The van der Waals surface area contributed by atoms with Gasteiger partial charge in [-0.2, -0.15) is 0 Å². The number of amides is 1. The molecule has 1 amide bonds. The fourth-order valence-corrected chi connectivity index (χ4v) is 2.41. The molecule has 92 valence electrons. The van der Waals surface area contributed by atoms with Crippen LogP contribution in [0, 0.1) is 0 Å². The second kappa shape index (κ2) is 4.18. The third-order valence-electron chi connectivity index (χ3n) is 3.09. The predicted octanol–water partition coefficient (Wildman–Crippen LogP) is 2.31. The van der Waals surface area contributed by atoms with Gasteiger partial charge in [-0.15, -0.1) is 0 Å². The molecule has 1 aromatic heterocycles. The summed E-state index contributed by atoms with van der Waals surface area (Å²) in [7, 11) is 1.77. The Balaban J connectivity index is 2.60. The molecule has 0 bridgehead atoms. The Labute approximate surface area is 106 Å². The SMILES string of the molecule is CC(C)N1c2nc(Cl)ccc2N(C)C(=O)[C@H]1C. The van der Waals surface area contributed by atoms with Gasteiger partial charge in [0.1, 0.15) is 11.2 Å². The number of anilines is 2. The van der Waals surface area contributed by atoms with Crippen molar-refractivity contribution in [3.8, 4) is 0 Å². The third kappa shape index (κ3) is 1.86. The summed E-state index contributed by atoms with van der Waals surface area (Å²) < 4.78 is 0. The second-order valence-corrected chi connectivity index (χ2v) is 4.94. The number of hydrogen-bond donors (Lipinski definition) is 0. The molecule has 0 radical (unpaired) electrons. The predicted molar refractivity (Wildman–Crippen MR) is 69.7 cm³/mol. The lowest BCUT2D eigenvalue weighted by molar-refractivity contribution is -0.119. The van der Waals surface area contributed by atoms with E-state index in [1.165, 1.54) is 0 Å². The number of fused-ring (bicyclic) bond motifs is 1. The number of rotatable bonds is 1. The molecule has 0 saturated heterocycles. The molecule has 5 heteroatoms. The number of aromatic nitrogens is 1. The molecule has 1 aliphatic rings. The molecule has 17 heavy (non-hydrogen) atoms. The van der Waals surface area contributed by atoms with E-state index in [0.29, 0.717) is 5.15 Å². The van der Waals surface area contributed by atoms with E-state index >= 15 is 0 Å². The lowest BCUT2D eigenvalue weighted by Crippen LogP contribution is -2.53. The summed E-state index contributed by atoms with van der Waals surface area (Å²) in [5.41, 5.74) is 0.811. The van der Waals surface area contributed by atoms with Crippen LogP contribution in [0.15, 0.2) is 12.1 Å². The first-order valence-corrected chi connectivity index (χ1v) is 6.03. The van der Waals surface area contributed by atoms with Crippen LogP contribution in [0.25, 0.3) is 0 Å². The van der Waals surface area contributed by atoms with E-state index in [9.17, 15) is 4.79 Å². The Hall–Kier alpha value is -1.29. The Morgan fingerprint density at radius 3 is 2.65 bits per heavy atom. The summed E-state index contributed by atoms with van der Waals surface area (Å²) in [6.45, 7) is 5.98. The summed E-state index contributed by atoms with van der Waals surface area (Å²) in [6.07, 6.45) is 0. The monoisotopic (exact) mass is 253 g/mol. The van der Waals surface area contributed by atoms with Crippen molar-refractivity contribution in [3.63, 3.8) is 0 Å². The molecular weight excluding hydrogens is 238 g/mol. The Bertz CT molecular complexity index is 461. The van der Waals surface area contributed by atoms with Crippen LogP contribution in [-0.4, -0.2) is 30.0 Å². The van der Waals surface area contributed by atoms with Gasteiger partial charge >= 0.3 is 0 Å². The summed E-state index contributed by atoms with van der Waals surface area (Å²) in [4.78, 5) is 20.1. The molecule has 1 aliphatic heterocycles. The van der Waals surface area contributed by atoms with Gasteiger partial charge < -0.3 is 9.80 Å². The molecule has 2 rings (SSSR count). The van der Waals surface area contributed by atoms with Crippen LogP contribution in [0.2, 0.25) is 5.15 Å². The minimum absolute atomic E-state index is 0.0790. The summed E-state index contributed by atoms with van der Waals surface area (Å²) >= 11 is 5.94. The first-order valence-electron chi connectivity index (χ1n) is 5.66. The number of nitrogens with zero attached hydrogens (tertiary/aromatic N) is 3. The zero-order valence-electron chi connectivity index (χ0n) is 10.4. The minimum Gasteiger partial charge on any atom is -0.341 e. The van der Waals surface area contributed by atoms with Gasteiger partial charge in [-0.05, 0) is 32.9 Å². The second-order valence-electron chi connectivity index (χ2n) is 4.55. The van der Waals surface area contributed by atoms with Crippen molar-refractivity contribution in [2.75, 3.05) is 16.8 Å². The maximum absolute atomic E-state index is 12.1. The summed E-state index contributed by atoms with van der Waals surface area (Å²) in [5, 5.41) is 0.448. The number of carbonyl (C=O) groups is 1. The lowest BCUT2D eigenvalue weighted by Gasteiger charge is -2.41. The van der Waals surface area contributed by atoms with Gasteiger partial charge in [-0.1, -0.05) is 11.6 Å². The van der Waals surface area contributed by atoms with Crippen molar-refractivity contribution in [2.24, 2.45) is 0 Å². The minimum atomic E-state index is -0.210. The number of pyridine rings is 1. The van der Waals surface area contributed by atoms with E-state index < -0.39 is 0 Å². The largest absolute Gasteiger partial charge is 0.341 e. The fourth-order valence-electron chi connectivity index (χ4n) is 2.26. The van der Waals surface area contributed by atoms with Crippen LogP contribution in [-0.2, 0) is 4.79 Å². The topological polar surface area (TPSA) is 36.4 Å². The molecule has 0 saturated carbocycles. The van der Waals surface area contributed by atoms with Crippen LogP contribution in [0.3, 0.4) is 0 Å². The first-order chi connectivity index (χ1) is 7.93. The quantitative estimate of drug-likeness (QED) is 0.721. The summed E-state index contributed by atoms with van der Waals surface area (Å²) in [6, 6.07) is 3.54. The molecule has 2 heterocycles. The Morgan fingerprint density at radius 1 is 1.41 bits per heavy atom. The number of likely N-dealkylation sites (N-methyl/N-ethyl adjacent to an activating group) is 1. The normalized spacial score (nSPS) is 19.9. The van der Waals surface area contributed by atoms with Crippen LogP contribution in [0.5, 0.6) is 0 Å². The maximum atomic E-state index is 12.1. The van der Waals surface area contributed by atoms with Crippen molar-refractivity contribution in [2.45, 2.75) is 32.9 Å². The Kier molecular flexibility index (Phi) is 3.00. The smallest absolute Gasteiger partial charge is 0.249 e. The fraction of sp³-hybridized carbons (Fsp3) is 0.500. The highest BCUT2D eigenvalue weighted by Crippen LogP contribution is 2.35. The van der Waals surface area contributed by atoms with E-state index in [-0.39, 0.29) is 18.0 Å². The average Bonchev–Trinajstić information content (AvgIpc) is 2.25. The van der Waals surface area contributed by atoms with Gasteiger partial charge in [-0.25, -0.2) is 4.98 Å².